The molecule has 5 nitrogen and oxygen atoms in total. The molecule has 0 aliphatic rings. The second-order valence-electron chi connectivity index (χ2n) is 3.74. The molecule has 2 heterocycles. The number of aromatic nitrogens is 2. The van der Waals surface area contributed by atoms with Gasteiger partial charge in [-0.25, -0.2) is 9.97 Å². The molecule has 2 aromatic rings. The average Bonchev–Trinajstić information content (AvgIpc) is 2.42. The van der Waals surface area contributed by atoms with E-state index in [1.807, 2.05) is 13.0 Å². The molecule has 0 aromatic carbocycles. The Kier molecular flexibility index (Phi) is 4.25. The summed E-state index contributed by atoms with van der Waals surface area (Å²) in [5, 5.41) is 3.12. The van der Waals surface area contributed by atoms with Crippen LogP contribution in [0.5, 0.6) is 5.88 Å². The molecule has 3 N–H and O–H groups in total. The second kappa shape index (κ2) is 6.10. The first-order chi connectivity index (χ1) is 9.19. The zero-order valence-electron chi connectivity index (χ0n) is 10.5. The Morgan fingerprint density at radius 1 is 1.37 bits per heavy atom. The van der Waals surface area contributed by atoms with Crippen molar-refractivity contribution in [2.75, 3.05) is 11.9 Å². The summed E-state index contributed by atoms with van der Waals surface area (Å²) in [6, 6.07) is 7.22. The Balaban J connectivity index is 2.12. The number of hydrogen-bond acceptors (Lipinski definition) is 5. The van der Waals surface area contributed by atoms with Crippen molar-refractivity contribution in [1.82, 2.24) is 9.97 Å². The maximum Gasteiger partial charge on any atom is 0.213 e. The van der Waals surface area contributed by atoms with E-state index in [1.54, 1.807) is 30.6 Å². The lowest BCUT2D eigenvalue weighted by atomic mass is 10.2. The van der Waals surface area contributed by atoms with Crippen LogP contribution < -0.4 is 15.8 Å². The average molecular weight is 274 g/mol. The van der Waals surface area contributed by atoms with Crippen LogP contribution >= 0.6 is 12.2 Å². The molecule has 0 spiro atoms. The van der Waals surface area contributed by atoms with E-state index in [4.69, 9.17) is 22.7 Å². The summed E-state index contributed by atoms with van der Waals surface area (Å²) in [6.45, 7) is 2.51. The van der Waals surface area contributed by atoms with Crippen LogP contribution in [0.15, 0.2) is 36.7 Å². The highest BCUT2D eigenvalue weighted by atomic mass is 32.1. The summed E-state index contributed by atoms with van der Waals surface area (Å²) in [4.78, 5) is 8.69. The quantitative estimate of drug-likeness (QED) is 0.815. The number of pyridine rings is 2. The molecule has 0 amide bonds. The summed E-state index contributed by atoms with van der Waals surface area (Å²) in [7, 11) is 0. The third-order valence-electron chi connectivity index (χ3n) is 2.35. The van der Waals surface area contributed by atoms with Crippen molar-refractivity contribution >= 4 is 28.7 Å². The van der Waals surface area contributed by atoms with Crippen LogP contribution in [0.25, 0.3) is 0 Å². The summed E-state index contributed by atoms with van der Waals surface area (Å²) in [5.74, 6) is 1.26. The smallest absolute Gasteiger partial charge is 0.213 e. The van der Waals surface area contributed by atoms with Crippen molar-refractivity contribution < 1.29 is 4.74 Å². The third-order valence-corrected chi connectivity index (χ3v) is 2.58. The maximum absolute atomic E-state index is 5.58. The van der Waals surface area contributed by atoms with E-state index in [9.17, 15) is 0 Å². The normalized spacial score (nSPS) is 9.95. The molecule has 2 aromatic heterocycles. The van der Waals surface area contributed by atoms with Gasteiger partial charge in [0, 0.05) is 17.8 Å². The van der Waals surface area contributed by atoms with Gasteiger partial charge in [-0.15, -0.1) is 0 Å². The summed E-state index contributed by atoms with van der Waals surface area (Å²) in [5.41, 5.74) is 7.16. The fourth-order valence-corrected chi connectivity index (χ4v) is 1.61. The minimum Gasteiger partial charge on any atom is -0.478 e. The minimum atomic E-state index is 0.343. The Morgan fingerprint density at radius 3 is 2.84 bits per heavy atom. The lowest BCUT2D eigenvalue weighted by Crippen LogP contribution is -2.09. The number of hydrogen-bond donors (Lipinski definition) is 2. The number of nitrogens with two attached hydrogens (primary N) is 1. The molecule has 19 heavy (non-hydrogen) atoms. The molecular formula is C13H14N4OS. The Labute approximate surface area is 116 Å². The molecule has 98 valence electrons. The van der Waals surface area contributed by atoms with Crippen LogP contribution in [0, 0.1) is 0 Å². The van der Waals surface area contributed by atoms with Gasteiger partial charge in [0.15, 0.2) is 0 Å². The van der Waals surface area contributed by atoms with Gasteiger partial charge in [-0.05, 0) is 25.1 Å². The number of ether oxygens (including phenoxy) is 1. The van der Waals surface area contributed by atoms with Crippen LogP contribution in [0.1, 0.15) is 12.5 Å². The molecule has 6 heteroatoms. The van der Waals surface area contributed by atoms with Crippen molar-refractivity contribution in [3.05, 3.63) is 42.2 Å². The van der Waals surface area contributed by atoms with E-state index < -0.39 is 0 Å². The topological polar surface area (TPSA) is 73.1 Å². The van der Waals surface area contributed by atoms with Crippen LogP contribution in [0.2, 0.25) is 0 Å². The first kappa shape index (κ1) is 13.2. The fourth-order valence-electron chi connectivity index (χ4n) is 1.49. The van der Waals surface area contributed by atoms with Crippen molar-refractivity contribution in [1.29, 1.82) is 0 Å². The Bertz CT molecular complexity index is 571. The highest BCUT2D eigenvalue weighted by Crippen LogP contribution is 2.16. The number of nitrogens with zero attached hydrogens (tertiary/aromatic N) is 2. The van der Waals surface area contributed by atoms with E-state index >= 15 is 0 Å². The number of thiocarbonyl (C=S) groups is 1. The standard InChI is InChI=1S/C13H14N4OS/c1-2-18-12-4-3-10(8-16-12)17-11-7-9(13(14)19)5-6-15-11/h3-8H,2H2,1H3,(H2,14,19)(H,15,17). The maximum atomic E-state index is 5.58. The molecule has 0 fully saturated rings. The van der Waals surface area contributed by atoms with Crippen LogP contribution in [-0.4, -0.2) is 21.6 Å². The molecule has 0 saturated heterocycles. The lowest BCUT2D eigenvalue weighted by Gasteiger charge is -2.07. The summed E-state index contributed by atoms with van der Waals surface area (Å²) < 4.78 is 5.27. The largest absolute Gasteiger partial charge is 0.478 e. The van der Waals surface area contributed by atoms with Gasteiger partial charge < -0.3 is 15.8 Å². The summed E-state index contributed by atoms with van der Waals surface area (Å²) >= 11 is 4.93. The highest BCUT2D eigenvalue weighted by Gasteiger charge is 2.01. The van der Waals surface area contributed by atoms with Crippen molar-refractivity contribution in [2.45, 2.75) is 6.92 Å². The summed E-state index contributed by atoms with van der Waals surface area (Å²) in [6.07, 6.45) is 3.33. The van der Waals surface area contributed by atoms with E-state index in [0.717, 1.165) is 11.3 Å². The lowest BCUT2D eigenvalue weighted by molar-refractivity contribution is 0.327. The molecular weight excluding hydrogens is 260 g/mol. The molecule has 0 aliphatic carbocycles. The number of anilines is 2. The molecule has 0 unspecified atom stereocenters. The second-order valence-corrected chi connectivity index (χ2v) is 4.18. The van der Waals surface area contributed by atoms with Crippen LogP contribution in [0.3, 0.4) is 0 Å². The molecule has 0 bridgehead atoms. The van der Waals surface area contributed by atoms with Gasteiger partial charge in [-0.1, -0.05) is 12.2 Å². The van der Waals surface area contributed by atoms with Gasteiger partial charge in [-0.3, -0.25) is 0 Å². The predicted molar refractivity (Wildman–Crippen MR) is 78.8 cm³/mol. The van der Waals surface area contributed by atoms with E-state index in [2.05, 4.69) is 15.3 Å². The first-order valence-corrected chi connectivity index (χ1v) is 6.21. The Morgan fingerprint density at radius 2 is 2.21 bits per heavy atom. The predicted octanol–water partition coefficient (Wildman–Crippen LogP) is 2.25. The third kappa shape index (κ3) is 3.62. The fraction of sp³-hybridized carbons (Fsp3) is 0.154. The van der Waals surface area contributed by atoms with E-state index in [-0.39, 0.29) is 0 Å². The molecule has 0 atom stereocenters. The zero-order valence-corrected chi connectivity index (χ0v) is 11.3. The van der Waals surface area contributed by atoms with E-state index in [1.165, 1.54) is 0 Å². The van der Waals surface area contributed by atoms with Crippen LogP contribution in [-0.2, 0) is 0 Å². The molecule has 0 radical (unpaired) electrons. The molecule has 2 rings (SSSR count). The van der Waals surface area contributed by atoms with Crippen molar-refractivity contribution in [3.63, 3.8) is 0 Å². The van der Waals surface area contributed by atoms with Gasteiger partial charge in [0.05, 0.1) is 18.5 Å². The van der Waals surface area contributed by atoms with Gasteiger partial charge >= 0.3 is 0 Å². The first-order valence-electron chi connectivity index (χ1n) is 5.81. The number of rotatable bonds is 5. The molecule has 0 saturated carbocycles. The highest BCUT2D eigenvalue weighted by molar-refractivity contribution is 7.80. The minimum absolute atomic E-state index is 0.343. The van der Waals surface area contributed by atoms with Gasteiger partial charge in [0.25, 0.3) is 0 Å². The zero-order chi connectivity index (χ0) is 13.7. The number of nitrogens with one attached hydrogen (secondary N) is 1. The van der Waals surface area contributed by atoms with Crippen LogP contribution in [0.4, 0.5) is 11.5 Å². The van der Waals surface area contributed by atoms with Crippen molar-refractivity contribution in [3.8, 4) is 5.88 Å². The van der Waals surface area contributed by atoms with Gasteiger partial charge in [-0.2, -0.15) is 0 Å². The SMILES string of the molecule is CCOc1ccc(Nc2cc(C(N)=S)ccn2)cn1. The van der Waals surface area contributed by atoms with Gasteiger partial charge in [0.2, 0.25) is 5.88 Å². The molecule has 0 aliphatic heterocycles. The van der Waals surface area contributed by atoms with E-state index in [0.29, 0.717) is 23.3 Å². The van der Waals surface area contributed by atoms with Crippen molar-refractivity contribution in [2.24, 2.45) is 5.73 Å². The van der Waals surface area contributed by atoms with Gasteiger partial charge in [0.1, 0.15) is 10.8 Å². The Hall–Kier alpha value is -2.21. The monoisotopic (exact) mass is 274 g/mol.